The van der Waals surface area contributed by atoms with Gasteiger partial charge in [0.25, 0.3) is 5.91 Å². The van der Waals surface area contributed by atoms with Crippen LogP contribution in [0.25, 0.3) is 11.3 Å². The number of aromatic amines is 1. The zero-order chi connectivity index (χ0) is 20.4. The van der Waals surface area contributed by atoms with Crippen molar-refractivity contribution < 1.29 is 9.59 Å². The summed E-state index contributed by atoms with van der Waals surface area (Å²) in [5, 5.41) is 27.1. The van der Waals surface area contributed by atoms with Gasteiger partial charge in [-0.2, -0.15) is 15.4 Å². The number of nitrogens with one attached hydrogen (secondary N) is 4. The number of carbonyl (C=O) groups is 2. The Bertz CT molecular complexity index is 1060. The van der Waals surface area contributed by atoms with Crippen LogP contribution in [0.1, 0.15) is 28.9 Å². The monoisotopic (exact) mass is 392 g/mol. The number of anilines is 3. The van der Waals surface area contributed by atoms with Crippen molar-refractivity contribution in [1.29, 1.82) is 0 Å². The van der Waals surface area contributed by atoms with Gasteiger partial charge in [-0.25, -0.2) is 0 Å². The van der Waals surface area contributed by atoms with Crippen LogP contribution in [0.5, 0.6) is 0 Å². The fourth-order valence-corrected chi connectivity index (χ4v) is 2.93. The van der Waals surface area contributed by atoms with Crippen LogP contribution in [0.2, 0.25) is 0 Å². The summed E-state index contributed by atoms with van der Waals surface area (Å²) in [6.07, 6.45) is 3.41. The molecule has 0 spiro atoms. The van der Waals surface area contributed by atoms with Crippen molar-refractivity contribution >= 4 is 29.0 Å². The fraction of sp³-hybridized carbons (Fsp3) is 0.263. The van der Waals surface area contributed by atoms with Crippen LogP contribution in [0.3, 0.4) is 0 Å². The van der Waals surface area contributed by atoms with E-state index in [2.05, 4.69) is 41.6 Å². The molecule has 3 aromatic rings. The first-order chi connectivity index (χ1) is 14.1. The quantitative estimate of drug-likeness (QED) is 0.503. The van der Waals surface area contributed by atoms with Crippen LogP contribution in [0.15, 0.2) is 30.5 Å². The van der Waals surface area contributed by atoms with Gasteiger partial charge in [-0.3, -0.25) is 9.59 Å². The Kier molecular flexibility index (Phi) is 4.90. The number of H-pyrrole nitrogens is 1. The lowest BCUT2D eigenvalue weighted by molar-refractivity contribution is -0.117. The summed E-state index contributed by atoms with van der Waals surface area (Å²) in [4.78, 5) is 24.3. The zero-order valence-electron chi connectivity index (χ0n) is 16.0. The Labute approximate surface area is 166 Å². The molecule has 148 valence electrons. The normalized spacial score (nSPS) is 13.0. The van der Waals surface area contributed by atoms with E-state index in [1.807, 2.05) is 25.1 Å². The molecule has 1 aliphatic carbocycles. The van der Waals surface area contributed by atoms with Crippen molar-refractivity contribution in [2.45, 2.75) is 19.8 Å². The molecule has 10 nitrogen and oxygen atoms in total. The molecule has 0 aliphatic heterocycles. The molecule has 0 saturated heterocycles. The third-order valence-electron chi connectivity index (χ3n) is 4.73. The number of nitrogens with zero attached hydrogens (tertiary/aromatic N) is 4. The van der Waals surface area contributed by atoms with Crippen LogP contribution >= 0.6 is 0 Å². The number of rotatable bonds is 6. The lowest BCUT2D eigenvalue weighted by Crippen LogP contribution is -2.22. The van der Waals surface area contributed by atoms with Gasteiger partial charge < -0.3 is 16.0 Å². The van der Waals surface area contributed by atoms with E-state index in [1.165, 1.54) is 7.05 Å². The Morgan fingerprint density at radius 1 is 1.17 bits per heavy atom. The van der Waals surface area contributed by atoms with Gasteiger partial charge in [0.05, 0.1) is 11.9 Å². The van der Waals surface area contributed by atoms with E-state index in [4.69, 9.17) is 0 Å². The summed E-state index contributed by atoms with van der Waals surface area (Å²) in [5.74, 6) is -0.136. The predicted molar refractivity (Wildman–Crippen MR) is 107 cm³/mol. The van der Waals surface area contributed by atoms with Gasteiger partial charge >= 0.3 is 0 Å². The van der Waals surface area contributed by atoms with E-state index in [0.717, 1.165) is 29.7 Å². The van der Waals surface area contributed by atoms with E-state index in [-0.39, 0.29) is 23.4 Å². The highest BCUT2D eigenvalue weighted by Gasteiger charge is 2.30. The molecule has 1 saturated carbocycles. The Balaban J connectivity index is 1.68. The highest BCUT2D eigenvalue weighted by Crippen LogP contribution is 2.32. The third kappa shape index (κ3) is 3.91. The summed E-state index contributed by atoms with van der Waals surface area (Å²) in [5.41, 5.74) is 3.86. The van der Waals surface area contributed by atoms with Crippen LogP contribution in [-0.4, -0.2) is 44.5 Å². The molecular weight excluding hydrogens is 372 g/mol. The number of aromatic nitrogens is 5. The number of hydrogen-bond donors (Lipinski definition) is 4. The Morgan fingerprint density at radius 3 is 2.69 bits per heavy atom. The van der Waals surface area contributed by atoms with Crippen molar-refractivity contribution in [3.63, 3.8) is 0 Å². The first-order valence-electron chi connectivity index (χ1n) is 9.20. The standard InChI is InChI=1S/C19H20N8O2/c1-10-12(15-9-21-27-24-15)4-3-5-13(10)22-14-8-16(23-18(28)11-6-7-11)25-26-17(14)19(29)20-2/h3-5,8-9,11H,6-7H2,1-2H3,(H,20,29)(H,21,24,27)(H2,22,23,25,28). The van der Waals surface area contributed by atoms with Crippen molar-refractivity contribution in [1.82, 2.24) is 30.9 Å². The molecule has 2 heterocycles. The summed E-state index contributed by atoms with van der Waals surface area (Å²) < 4.78 is 0. The fourth-order valence-electron chi connectivity index (χ4n) is 2.93. The Hall–Kier alpha value is -3.82. The van der Waals surface area contributed by atoms with Gasteiger partial charge in [-0.15, -0.1) is 10.2 Å². The number of hydrogen-bond acceptors (Lipinski definition) is 7. The van der Waals surface area contributed by atoms with Crippen LogP contribution in [-0.2, 0) is 4.79 Å². The maximum absolute atomic E-state index is 12.3. The summed E-state index contributed by atoms with van der Waals surface area (Å²) >= 11 is 0. The minimum atomic E-state index is -0.384. The van der Waals surface area contributed by atoms with Gasteiger partial charge in [-0.05, 0) is 31.4 Å². The van der Waals surface area contributed by atoms with E-state index in [1.54, 1.807) is 12.3 Å². The minimum Gasteiger partial charge on any atom is -0.354 e. The second-order valence-electron chi connectivity index (χ2n) is 6.79. The number of benzene rings is 1. The molecule has 29 heavy (non-hydrogen) atoms. The lowest BCUT2D eigenvalue weighted by Gasteiger charge is -2.15. The zero-order valence-corrected chi connectivity index (χ0v) is 16.0. The number of amides is 2. The average Bonchev–Trinajstić information content (AvgIpc) is 3.44. The molecular formula is C19H20N8O2. The van der Waals surface area contributed by atoms with Crippen molar-refractivity contribution in [2.24, 2.45) is 5.92 Å². The maximum atomic E-state index is 12.3. The van der Waals surface area contributed by atoms with Crippen molar-refractivity contribution in [2.75, 3.05) is 17.7 Å². The van der Waals surface area contributed by atoms with Crippen LogP contribution < -0.4 is 16.0 Å². The van der Waals surface area contributed by atoms with E-state index < -0.39 is 0 Å². The Morgan fingerprint density at radius 2 is 2.00 bits per heavy atom. The van der Waals surface area contributed by atoms with E-state index in [9.17, 15) is 9.59 Å². The predicted octanol–water partition coefficient (Wildman–Crippen LogP) is 2.02. The van der Waals surface area contributed by atoms with Crippen molar-refractivity contribution in [3.05, 3.63) is 41.7 Å². The second-order valence-corrected chi connectivity index (χ2v) is 6.79. The molecule has 1 aliphatic rings. The summed E-state index contributed by atoms with van der Waals surface area (Å²) in [6, 6.07) is 7.31. The van der Waals surface area contributed by atoms with E-state index in [0.29, 0.717) is 17.2 Å². The number of carbonyl (C=O) groups excluding carboxylic acids is 2. The smallest absolute Gasteiger partial charge is 0.273 e. The van der Waals surface area contributed by atoms with Crippen LogP contribution in [0.4, 0.5) is 17.2 Å². The average molecular weight is 392 g/mol. The van der Waals surface area contributed by atoms with Gasteiger partial charge in [0.15, 0.2) is 11.5 Å². The first kappa shape index (κ1) is 18.5. The molecule has 1 aromatic carbocycles. The molecule has 4 rings (SSSR count). The van der Waals surface area contributed by atoms with Gasteiger partial charge in [-0.1, -0.05) is 12.1 Å². The molecule has 2 amide bonds. The highest BCUT2D eigenvalue weighted by atomic mass is 16.2. The molecule has 0 radical (unpaired) electrons. The van der Waals surface area contributed by atoms with E-state index >= 15 is 0 Å². The second kappa shape index (κ2) is 7.66. The molecule has 4 N–H and O–H groups in total. The van der Waals surface area contributed by atoms with Crippen LogP contribution in [0, 0.1) is 12.8 Å². The van der Waals surface area contributed by atoms with Gasteiger partial charge in [0.1, 0.15) is 5.69 Å². The third-order valence-corrected chi connectivity index (χ3v) is 4.73. The largest absolute Gasteiger partial charge is 0.354 e. The molecule has 0 atom stereocenters. The minimum absolute atomic E-state index is 0.0354. The lowest BCUT2D eigenvalue weighted by atomic mass is 10.0. The topological polar surface area (TPSA) is 138 Å². The van der Waals surface area contributed by atoms with Gasteiger partial charge in [0.2, 0.25) is 5.91 Å². The maximum Gasteiger partial charge on any atom is 0.273 e. The highest BCUT2D eigenvalue weighted by molar-refractivity contribution is 5.99. The molecule has 10 heteroatoms. The summed E-state index contributed by atoms with van der Waals surface area (Å²) in [7, 11) is 1.52. The SMILES string of the molecule is CNC(=O)c1nnc(NC(=O)C2CC2)cc1Nc1cccc(-c2cn[nH]n2)c1C. The molecule has 2 aromatic heterocycles. The molecule has 1 fully saturated rings. The molecule has 0 bridgehead atoms. The molecule has 0 unspecified atom stereocenters. The first-order valence-corrected chi connectivity index (χ1v) is 9.20. The van der Waals surface area contributed by atoms with Gasteiger partial charge in [0, 0.05) is 30.3 Å². The van der Waals surface area contributed by atoms with Crippen molar-refractivity contribution in [3.8, 4) is 11.3 Å². The summed E-state index contributed by atoms with van der Waals surface area (Å²) in [6.45, 7) is 1.94.